The van der Waals surface area contributed by atoms with Crippen LogP contribution in [0.3, 0.4) is 0 Å². The van der Waals surface area contributed by atoms with Crippen LogP contribution in [-0.2, 0) is 6.42 Å². The molecule has 0 saturated heterocycles. The number of fused-ring (bicyclic) bond motifs is 1. The van der Waals surface area contributed by atoms with Gasteiger partial charge in [0.2, 0.25) is 0 Å². The van der Waals surface area contributed by atoms with E-state index in [1.807, 2.05) is 12.1 Å². The number of aryl methyl sites for hydroxylation is 1. The van der Waals surface area contributed by atoms with Crippen LogP contribution < -0.4 is 10.5 Å². The first kappa shape index (κ1) is 10.4. The lowest BCUT2D eigenvalue weighted by Crippen LogP contribution is -2.10. The summed E-state index contributed by atoms with van der Waals surface area (Å²) in [5.41, 5.74) is 6.37. The first-order chi connectivity index (χ1) is 7.35. The molecule has 4 heteroatoms. The number of aromatic nitrogens is 1. The number of para-hydroxylation sites is 1. The zero-order valence-corrected chi connectivity index (χ0v) is 9.51. The van der Waals surface area contributed by atoms with Crippen molar-refractivity contribution in [3.8, 4) is 5.75 Å². The fourth-order valence-corrected chi connectivity index (χ4v) is 2.33. The number of rotatable bonds is 4. The predicted octanol–water partition coefficient (Wildman–Crippen LogP) is 2.20. The van der Waals surface area contributed by atoms with Gasteiger partial charge in [-0.1, -0.05) is 13.0 Å². The van der Waals surface area contributed by atoms with Crippen molar-refractivity contribution >= 4 is 21.6 Å². The van der Waals surface area contributed by atoms with Crippen molar-refractivity contribution in [3.63, 3.8) is 0 Å². The van der Waals surface area contributed by atoms with E-state index in [0.717, 1.165) is 22.7 Å². The van der Waals surface area contributed by atoms with E-state index < -0.39 is 0 Å². The van der Waals surface area contributed by atoms with E-state index in [1.54, 1.807) is 11.3 Å². The topological polar surface area (TPSA) is 48.1 Å². The van der Waals surface area contributed by atoms with Gasteiger partial charge in [0.05, 0.1) is 9.71 Å². The van der Waals surface area contributed by atoms with E-state index >= 15 is 0 Å². The van der Waals surface area contributed by atoms with Crippen LogP contribution in [0.5, 0.6) is 5.75 Å². The second-order valence-corrected chi connectivity index (χ2v) is 4.32. The van der Waals surface area contributed by atoms with Gasteiger partial charge in [0.25, 0.3) is 0 Å². The Labute approximate surface area is 92.9 Å². The molecule has 0 fully saturated rings. The molecule has 1 aromatic heterocycles. The van der Waals surface area contributed by atoms with Crippen molar-refractivity contribution in [2.24, 2.45) is 5.73 Å². The summed E-state index contributed by atoms with van der Waals surface area (Å²) in [6.45, 7) is 3.18. The van der Waals surface area contributed by atoms with Crippen molar-refractivity contribution < 1.29 is 4.74 Å². The molecule has 2 rings (SSSR count). The van der Waals surface area contributed by atoms with Crippen LogP contribution >= 0.6 is 11.3 Å². The molecule has 2 aromatic rings. The molecule has 3 nitrogen and oxygen atoms in total. The third kappa shape index (κ3) is 2.11. The summed E-state index contributed by atoms with van der Waals surface area (Å²) in [6, 6.07) is 6.00. The van der Waals surface area contributed by atoms with E-state index in [4.69, 9.17) is 10.5 Å². The average molecular weight is 222 g/mol. The maximum atomic E-state index is 5.55. The highest BCUT2D eigenvalue weighted by atomic mass is 32.1. The van der Waals surface area contributed by atoms with Crippen LogP contribution in [-0.4, -0.2) is 18.1 Å². The second kappa shape index (κ2) is 4.59. The molecular formula is C11H14N2OS. The monoisotopic (exact) mass is 222 g/mol. The first-order valence-electron chi connectivity index (χ1n) is 5.06. The van der Waals surface area contributed by atoms with Crippen LogP contribution in [0.2, 0.25) is 0 Å². The first-order valence-corrected chi connectivity index (χ1v) is 5.88. The molecule has 0 spiro atoms. The van der Waals surface area contributed by atoms with Crippen LogP contribution in [0.1, 0.15) is 11.9 Å². The molecule has 0 aliphatic carbocycles. The Balaban J connectivity index is 2.40. The number of benzene rings is 1. The SMILES string of the molecule is CCc1nc2c(OCCN)cccc2s1. The number of hydrogen-bond donors (Lipinski definition) is 1. The molecule has 0 saturated carbocycles. The van der Waals surface area contributed by atoms with Crippen molar-refractivity contribution in [3.05, 3.63) is 23.2 Å². The highest BCUT2D eigenvalue weighted by Crippen LogP contribution is 2.29. The summed E-state index contributed by atoms with van der Waals surface area (Å²) in [5, 5.41) is 1.15. The Kier molecular flexibility index (Phi) is 3.18. The molecule has 1 aromatic carbocycles. The standard InChI is InChI=1S/C11H14N2OS/c1-2-10-13-11-8(14-7-6-12)4-3-5-9(11)15-10/h3-5H,2,6-7,12H2,1H3. The highest BCUT2D eigenvalue weighted by Gasteiger charge is 2.07. The number of nitrogens with zero attached hydrogens (tertiary/aromatic N) is 1. The summed E-state index contributed by atoms with van der Waals surface area (Å²) < 4.78 is 6.73. The van der Waals surface area contributed by atoms with E-state index in [-0.39, 0.29) is 0 Å². The molecule has 0 unspecified atom stereocenters. The molecule has 80 valence electrons. The van der Waals surface area contributed by atoms with E-state index in [9.17, 15) is 0 Å². The van der Waals surface area contributed by atoms with Gasteiger partial charge in [0.1, 0.15) is 17.9 Å². The second-order valence-electron chi connectivity index (χ2n) is 3.20. The average Bonchev–Trinajstić information content (AvgIpc) is 2.69. The number of hydrogen-bond acceptors (Lipinski definition) is 4. The lowest BCUT2D eigenvalue weighted by atomic mass is 10.3. The zero-order valence-electron chi connectivity index (χ0n) is 8.69. The Morgan fingerprint density at radius 1 is 1.47 bits per heavy atom. The van der Waals surface area contributed by atoms with Crippen molar-refractivity contribution in [2.45, 2.75) is 13.3 Å². The lowest BCUT2D eigenvalue weighted by Gasteiger charge is -2.03. The summed E-state index contributed by atoms with van der Waals surface area (Å²) >= 11 is 1.72. The van der Waals surface area contributed by atoms with Gasteiger partial charge >= 0.3 is 0 Å². The summed E-state index contributed by atoms with van der Waals surface area (Å²) in [6.07, 6.45) is 0.968. The van der Waals surface area contributed by atoms with Crippen molar-refractivity contribution in [2.75, 3.05) is 13.2 Å². The molecule has 0 atom stereocenters. The molecule has 2 N–H and O–H groups in total. The lowest BCUT2D eigenvalue weighted by molar-refractivity contribution is 0.331. The van der Waals surface area contributed by atoms with E-state index in [1.165, 1.54) is 4.70 Å². The third-order valence-electron chi connectivity index (χ3n) is 2.10. The molecule has 1 heterocycles. The molecule has 0 bridgehead atoms. The maximum absolute atomic E-state index is 5.55. The Hall–Kier alpha value is -1.13. The van der Waals surface area contributed by atoms with Gasteiger partial charge in [-0.3, -0.25) is 0 Å². The summed E-state index contributed by atoms with van der Waals surface area (Å²) in [4.78, 5) is 4.54. The van der Waals surface area contributed by atoms with Gasteiger partial charge in [-0.2, -0.15) is 0 Å². The Morgan fingerprint density at radius 2 is 2.33 bits per heavy atom. The van der Waals surface area contributed by atoms with Crippen molar-refractivity contribution in [1.82, 2.24) is 4.98 Å². The number of ether oxygens (including phenoxy) is 1. The van der Waals surface area contributed by atoms with E-state index in [0.29, 0.717) is 13.2 Å². The molecule has 0 radical (unpaired) electrons. The molecule has 0 aliphatic rings. The quantitative estimate of drug-likeness (QED) is 0.862. The predicted molar refractivity (Wildman–Crippen MR) is 63.5 cm³/mol. The Morgan fingerprint density at radius 3 is 3.07 bits per heavy atom. The van der Waals surface area contributed by atoms with Gasteiger partial charge in [0.15, 0.2) is 0 Å². The minimum atomic E-state index is 0.529. The van der Waals surface area contributed by atoms with Crippen LogP contribution in [0.4, 0.5) is 0 Å². The van der Waals surface area contributed by atoms with Gasteiger partial charge in [0, 0.05) is 6.54 Å². The van der Waals surface area contributed by atoms with E-state index in [2.05, 4.69) is 18.0 Å². The largest absolute Gasteiger partial charge is 0.490 e. The van der Waals surface area contributed by atoms with Crippen LogP contribution in [0, 0.1) is 0 Å². The minimum Gasteiger partial charge on any atom is -0.490 e. The normalized spacial score (nSPS) is 10.8. The zero-order chi connectivity index (χ0) is 10.7. The van der Waals surface area contributed by atoms with Gasteiger partial charge in [-0.25, -0.2) is 4.98 Å². The third-order valence-corrected chi connectivity index (χ3v) is 3.27. The van der Waals surface area contributed by atoms with Crippen molar-refractivity contribution in [1.29, 1.82) is 0 Å². The molecule has 0 amide bonds. The number of thiazole rings is 1. The molecule has 0 aliphatic heterocycles. The van der Waals surface area contributed by atoms with Gasteiger partial charge in [-0.15, -0.1) is 11.3 Å². The summed E-state index contributed by atoms with van der Waals surface area (Å²) in [7, 11) is 0. The smallest absolute Gasteiger partial charge is 0.146 e. The fraction of sp³-hybridized carbons (Fsp3) is 0.364. The number of nitrogens with two attached hydrogens (primary N) is 1. The Bertz CT molecular complexity index is 453. The highest BCUT2D eigenvalue weighted by molar-refractivity contribution is 7.18. The minimum absolute atomic E-state index is 0.529. The fourth-order valence-electron chi connectivity index (χ4n) is 1.41. The molecular weight excluding hydrogens is 208 g/mol. The summed E-state index contributed by atoms with van der Waals surface area (Å²) in [5.74, 6) is 0.842. The maximum Gasteiger partial charge on any atom is 0.146 e. The van der Waals surface area contributed by atoms with Crippen LogP contribution in [0.15, 0.2) is 18.2 Å². The van der Waals surface area contributed by atoms with Gasteiger partial charge in [-0.05, 0) is 18.6 Å². The van der Waals surface area contributed by atoms with Gasteiger partial charge < -0.3 is 10.5 Å². The molecule has 15 heavy (non-hydrogen) atoms. The van der Waals surface area contributed by atoms with Crippen LogP contribution in [0.25, 0.3) is 10.2 Å².